The summed E-state index contributed by atoms with van der Waals surface area (Å²) in [6.45, 7) is 3.92. The maximum Gasteiger partial charge on any atom is 0.262 e. The molecule has 0 spiro atoms. The van der Waals surface area contributed by atoms with Crippen LogP contribution in [-0.2, 0) is 17.8 Å². The summed E-state index contributed by atoms with van der Waals surface area (Å²) in [6, 6.07) is 7.46. The van der Waals surface area contributed by atoms with Crippen LogP contribution in [0.3, 0.4) is 0 Å². The van der Waals surface area contributed by atoms with Gasteiger partial charge in [0.25, 0.3) is 5.56 Å². The first-order valence-corrected chi connectivity index (χ1v) is 9.81. The van der Waals surface area contributed by atoms with Crippen molar-refractivity contribution in [3.63, 3.8) is 0 Å². The Kier molecular flexibility index (Phi) is 4.29. The highest BCUT2D eigenvalue weighted by atomic mass is 32.1. The summed E-state index contributed by atoms with van der Waals surface area (Å²) in [6.07, 6.45) is 2.30. The highest BCUT2D eigenvalue weighted by molar-refractivity contribution is 7.18. The third-order valence-electron chi connectivity index (χ3n) is 4.01. The van der Waals surface area contributed by atoms with Gasteiger partial charge in [-0.15, -0.1) is 22.7 Å². The van der Waals surface area contributed by atoms with E-state index in [0.29, 0.717) is 11.1 Å². The first-order chi connectivity index (χ1) is 12.5. The molecular weight excluding hydrogens is 368 g/mol. The van der Waals surface area contributed by atoms with Crippen molar-refractivity contribution in [3.05, 3.63) is 50.8 Å². The first-order valence-electron chi connectivity index (χ1n) is 8.18. The number of rotatable bonds is 4. The van der Waals surface area contributed by atoms with Gasteiger partial charge in [0.05, 0.1) is 26.9 Å². The van der Waals surface area contributed by atoms with Crippen LogP contribution in [0.15, 0.2) is 35.4 Å². The number of hydrogen-bond donors (Lipinski definition) is 1. The van der Waals surface area contributed by atoms with Crippen LogP contribution < -0.4 is 10.9 Å². The van der Waals surface area contributed by atoms with E-state index >= 15 is 0 Å². The Morgan fingerprint density at radius 3 is 2.92 bits per heavy atom. The third-order valence-corrected chi connectivity index (χ3v) is 6.13. The molecule has 0 bridgehead atoms. The first kappa shape index (κ1) is 16.9. The zero-order valence-electron chi connectivity index (χ0n) is 14.3. The van der Waals surface area contributed by atoms with Gasteiger partial charge in [-0.2, -0.15) is 0 Å². The second-order valence-corrected chi connectivity index (χ2v) is 8.28. The maximum absolute atomic E-state index is 12.6. The number of carbonyl (C=O) groups is 1. The molecule has 132 valence electrons. The average molecular weight is 384 g/mol. The fourth-order valence-electron chi connectivity index (χ4n) is 2.77. The summed E-state index contributed by atoms with van der Waals surface area (Å²) >= 11 is 3.09. The summed E-state index contributed by atoms with van der Waals surface area (Å²) in [7, 11) is 0. The molecule has 0 atom stereocenters. The number of anilines is 1. The van der Waals surface area contributed by atoms with Crippen LogP contribution in [0, 0.1) is 6.92 Å². The molecule has 0 aliphatic rings. The smallest absolute Gasteiger partial charge is 0.262 e. The molecule has 1 amide bonds. The van der Waals surface area contributed by atoms with E-state index in [0.717, 1.165) is 31.4 Å². The van der Waals surface area contributed by atoms with E-state index in [1.165, 1.54) is 22.2 Å². The number of benzene rings is 1. The molecule has 0 unspecified atom stereocenters. The number of aromatic nitrogens is 3. The summed E-state index contributed by atoms with van der Waals surface area (Å²) in [5.74, 6) is -0.264. The van der Waals surface area contributed by atoms with Crippen molar-refractivity contribution in [1.29, 1.82) is 0 Å². The SMILES string of the molecule is CCc1cc2c(=O)n(CC(=O)Nc3ccc4nc(C)sc4c3)cnc2s1. The van der Waals surface area contributed by atoms with E-state index < -0.39 is 0 Å². The number of carbonyl (C=O) groups excluding carboxylic acids is 1. The number of aryl methyl sites for hydroxylation is 2. The zero-order chi connectivity index (χ0) is 18.3. The monoisotopic (exact) mass is 384 g/mol. The van der Waals surface area contributed by atoms with Gasteiger partial charge in [-0.25, -0.2) is 9.97 Å². The average Bonchev–Trinajstić information content (AvgIpc) is 3.19. The summed E-state index contributed by atoms with van der Waals surface area (Å²) in [5, 5.41) is 4.39. The third kappa shape index (κ3) is 3.13. The largest absolute Gasteiger partial charge is 0.324 e. The number of amides is 1. The standard InChI is InChI=1S/C18H16N4O2S2/c1-3-12-7-13-17(26-12)19-9-22(18(13)24)8-16(23)21-11-4-5-14-15(6-11)25-10(2)20-14/h4-7,9H,3,8H2,1-2H3,(H,21,23). The van der Waals surface area contributed by atoms with Crippen LogP contribution in [0.2, 0.25) is 0 Å². The highest BCUT2D eigenvalue weighted by Crippen LogP contribution is 2.25. The number of fused-ring (bicyclic) bond motifs is 2. The second kappa shape index (κ2) is 6.62. The Bertz CT molecular complexity index is 1190. The van der Waals surface area contributed by atoms with Crippen molar-refractivity contribution in [2.24, 2.45) is 0 Å². The number of thiophene rings is 1. The molecule has 26 heavy (non-hydrogen) atoms. The molecule has 0 fully saturated rings. The van der Waals surface area contributed by atoms with Crippen LogP contribution >= 0.6 is 22.7 Å². The number of thiazole rings is 1. The summed E-state index contributed by atoms with van der Waals surface area (Å²) < 4.78 is 2.37. The van der Waals surface area contributed by atoms with E-state index in [2.05, 4.69) is 15.3 Å². The van der Waals surface area contributed by atoms with Crippen molar-refractivity contribution in [2.45, 2.75) is 26.8 Å². The van der Waals surface area contributed by atoms with E-state index in [-0.39, 0.29) is 18.0 Å². The molecular formula is C18H16N4O2S2. The molecule has 0 saturated heterocycles. The zero-order valence-corrected chi connectivity index (χ0v) is 15.9. The lowest BCUT2D eigenvalue weighted by atomic mass is 10.3. The van der Waals surface area contributed by atoms with Crippen molar-refractivity contribution < 1.29 is 4.79 Å². The molecule has 3 heterocycles. The molecule has 6 nitrogen and oxygen atoms in total. The van der Waals surface area contributed by atoms with Gasteiger partial charge in [0.15, 0.2) is 0 Å². The van der Waals surface area contributed by atoms with Crippen molar-refractivity contribution in [1.82, 2.24) is 14.5 Å². The van der Waals surface area contributed by atoms with Gasteiger partial charge < -0.3 is 5.32 Å². The van der Waals surface area contributed by atoms with Gasteiger partial charge >= 0.3 is 0 Å². The molecule has 0 aliphatic heterocycles. The molecule has 1 N–H and O–H groups in total. The number of nitrogens with one attached hydrogen (secondary N) is 1. The van der Waals surface area contributed by atoms with Crippen molar-refractivity contribution in [3.8, 4) is 0 Å². The number of nitrogens with zero attached hydrogens (tertiary/aromatic N) is 3. The van der Waals surface area contributed by atoms with Gasteiger partial charge in [-0.1, -0.05) is 6.92 Å². The Balaban J connectivity index is 1.56. The Morgan fingerprint density at radius 1 is 1.27 bits per heavy atom. The predicted octanol–water partition coefficient (Wildman–Crippen LogP) is 3.58. The van der Waals surface area contributed by atoms with Gasteiger partial charge in [0, 0.05) is 10.6 Å². The quantitative estimate of drug-likeness (QED) is 0.583. The van der Waals surface area contributed by atoms with E-state index in [1.54, 1.807) is 11.3 Å². The lowest BCUT2D eigenvalue weighted by Crippen LogP contribution is -2.27. The molecule has 1 aromatic carbocycles. The lowest BCUT2D eigenvalue weighted by Gasteiger charge is -2.07. The normalized spacial score (nSPS) is 11.3. The fourth-order valence-corrected chi connectivity index (χ4v) is 4.56. The van der Waals surface area contributed by atoms with Crippen LogP contribution in [0.5, 0.6) is 0 Å². The van der Waals surface area contributed by atoms with Crippen LogP contribution in [-0.4, -0.2) is 20.4 Å². The minimum atomic E-state index is -0.264. The van der Waals surface area contributed by atoms with Crippen LogP contribution in [0.4, 0.5) is 5.69 Å². The summed E-state index contributed by atoms with van der Waals surface area (Å²) in [5.41, 5.74) is 1.42. The minimum absolute atomic E-state index is 0.0706. The van der Waals surface area contributed by atoms with E-state index in [4.69, 9.17) is 0 Å². The topological polar surface area (TPSA) is 76.9 Å². The molecule has 4 rings (SSSR count). The van der Waals surface area contributed by atoms with E-state index in [1.807, 2.05) is 38.1 Å². The number of hydrogen-bond acceptors (Lipinski definition) is 6. The van der Waals surface area contributed by atoms with Gasteiger partial charge in [0.1, 0.15) is 11.4 Å². The predicted molar refractivity (Wildman–Crippen MR) is 106 cm³/mol. The molecule has 4 aromatic rings. The van der Waals surface area contributed by atoms with Crippen LogP contribution in [0.25, 0.3) is 20.4 Å². The summed E-state index contributed by atoms with van der Waals surface area (Å²) in [4.78, 5) is 35.5. The lowest BCUT2D eigenvalue weighted by molar-refractivity contribution is -0.116. The molecule has 8 heteroatoms. The minimum Gasteiger partial charge on any atom is -0.324 e. The van der Waals surface area contributed by atoms with Crippen molar-refractivity contribution in [2.75, 3.05) is 5.32 Å². The second-order valence-electron chi connectivity index (χ2n) is 5.93. The van der Waals surface area contributed by atoms with E-state index in [9.17, 15) is 9.59 Å². The Morgan fingerprint density at radius 2 is 2.12 bits per heavy atom. The molecule has 3 aromatic heterocycles. The van der Waals surface area contributed by atoms with Crippen molar-refractivity contribution >= 4 is 54.7 Å². The fraction of sp³-hybridized carbons (Fsp3) is 0.222. The van der Waals surface area contributed by atoms with Crippen LogP contribution in [0.1, 0.15) is 16.8 Å². The van der Waals surface area contributed by atoms with Gasteiger partial charge in [-0.05, 0) is 37.6 Å². The molecule has 0 radical (unpaired) electrons. The Hall–Kier alpha value is -2.58. The Labute approximate surface area is 157 Å². The van der Waals surface area contributed by atoms with Gasteiger partial charge in [0.2, 0.25) is 5.91 Å². The van der Waals surface area contributed by atoms with Gasteiger partial charge in [-0.3, -0.25) is 14.2 Å². The maximum atomic E-state index is 12.6. The molecule has 0 aliphatic carbocycles. The molecule has 0 saturated carbocycles. The highest BCUT2D eigenvalue weighted by Gasteiger charge is 2.11.